The van der Waals surface area contributed by atoms with Crippen LogP contribution in [0.2, 0.25) is 0 Å². The summed E-state index contributed by atoms with van der Waals surface area (Å²) in [5.41, 5.74) is 0. The maximum absolute atomic E-state index is 9.77. The summed E-state index contributed by atoms with van der Waals surface area (Å²) in [6.45, 7) is 9.50. The molecule has 2 unspecified atom stereocenters. The lowest BCUT2D eigenvalue weighted by atomic mass is 9.85. The standard InChI is InChI=1S/C11H24O3/c1-6(2)8(5)10(13)11(14)9(12)7(3)4/h6-14H,1-5H3/t8?,9-,10+,11?/m1/s1. The molecule has 0 aromatic heterocycles. The highest BCUT2D eigenvalue weighted by Gasteiger charge is 2.31. The van der Waals surface area contributed by atoms with Gasteiger partial charge in [0.2, 0.25) is 0 Å². The molecular formula is C11H24O3. The average Bonchev–Trinajstić information content (AvgIpc) is 2.12. The van der Waals surface area contributed by atoms with Gasteiger partial charge in [0.25, 0.3) is 0 Å². The third-order valence-corrected chi connectivity index (χ3v) is 2.97. The fourth-order valence-electron chi connectivity index (χ4n) is 1.30. The Kier molecular flexibility index (Phi) is 5.64. The summed E-state index contributed by atoms with van der Waals surface area (Å²) in [6, 6.07) is 0. The lowest BCUT2D eigenvalue weighted by Crippen LogP contribution is -2.44. The summed E-state index contributed by atoms with van der Waals surface area (Å²) in [7, 11) is 0. The number of aliphatic hydroxyl groups is 3. The molecule has 0 saturated heterocycles. The van der Waals surface area contributed by atoms with Crippen molar-refractivity contribution in [2.75, 3.05) is 0 Å². The summed E-state index contributed by atoms with van der Waals surface area (Å²) >= 11 is 0. The molecule has 0 aliphatic rings. The number of hydrogen-bond donors (Lipinski definition) is 3. The smallest absolute Gasteiger partial charge is 0.106 e. The van der Waals surface area contributed by atoms with Crippen molar-refractivity contribution in [3.05, 3.63) is 0 Å². The van der Waals surface area contributed by atoms with Gasteiger partial charge in [-0.1, -0.05) is 34.6 Å². The summed E-state index contributed by atoms with van der Waals surface area (Å²) in [6.07, 6.45) is -2.76. The van der Waals surface area contributed by atoms with Crippen molar-refractivity contribution in [1.29, 1.82) is 0 Å². The minimum atomic E-state index is -1.05. The zero-order valence-electron chi connectivity index (χ0n) is 9.81. The summed E-state index contributed by atoms with van der Waals surface area (Å²) < 4.78 is 0. The Morgan fingerprint density at radius 1 is 0.571 bits per heavy atom. The Bertz CT molecular complexity index is 139. The Morgan fingerprint density at radius 2 is 1.00 bits per heavy atom. The van der Waals surface area contributed by atoms with Gasteiger partial charge in [0.1, 0.15) is 6.10 Å². The average molecular weight is 204 g/mol. The molecular weight excluding hydrogens is 180 g/mol. The van der Waals surface area contributed by atoms with E-state index in [0.717, 1.165) is 0 Å². The van der Waals surface area contributed by atoms with Crippen LogP contribution in [0.3, 0.4) is 0 Å². The molecule has 0 spiro atoms. The maximum atomic E-state index is 9.77. The van der Waals surface area contributed by atoms with Gasteiger partial charge in [-0.2, -0.15) is 0 Å². The molecule has 0 aliphatic heterocycles. The van der Waals surface area contributed by atoms with Crippen molar-refractivity contribution in [2.24, 2.45) is 17.8 Å². The Hall–Kier alpha value is -0.120. The second-order valence-corrected chi connectivity index (χ2v) is 4.82. The van der Waals surface area contributed by atoms with Gasteiger partial charge in [-0.25, -0.2) is 0 Å². The molecule has 0 aromatic rings. The van der Waals surface area contributed by atoms with E-state index in [1.807, 2.05) is 34.6 Å². The first-order valence-corrected chi connectivity index (χ1v) is 5.33. The fourth-order valence-corrected chi connectivity index (χ4v) is 1.30. The van der Waals surface area contributed by atoms with Crippen molar-refractivity contribution in [1.82, 2.24) is 0 Å². The van der Waals surface area contributed by atoms with E-state index in [-0.39, 0.29) is 11.8 Å². The molecule has 3 N–H and O–H groups in total. The zero-order chi connectivity index (χ0) is 11.5. The summed E-state index contributed by atoms with van der Waals surface area (Å²) in [5.74, 6) is 0.233. The monoisotopic (exact) mass is 204 g/mol. The van der Waals surface area contributed by atoms with Crippen LogP contribution < -0.4 is 0 Å². The first-order chi connectivity index (χ1) is 6.29. The first kappa shape index (κ1) is 13.9. The first-order valence-electron chi connectivity index (χ1n) is 5.33. The molecule has 0 saturated carbocycles. The van der Waals surface area contributed by atoms with Crippen LogP contribution in [0.25, 0.3) is 0 Å². The van der Waals surface area contributed by atoms with Crippen LogP contribution in [0.1, 0.15) is 34.6 Å². The highest BCUT2D eigenvalue weighted by Crippen LogP contribution is 2.20. The van der Waals surface area contributed by atoms with Crippen LogP contribution in [0.4, 0.5) is 0 Å². The molecule has 0 bridgehead atoms. The SMILES string of the molecule is CC(C)C(C)[C@H](O)C(O)[C@H](O)C(C)C. The molecule has 0 fully saturated rings. The van der Waals surface area contributed by atoms with Crippen LogP contribution >= 0.6 is 0 Å². The molecule has 0 amide bonds. The van der Waals surface area contributed by atoms with E-state index >= 15 is 0 Å². The van der Waals surface area contributed by atoms with E-state index in [1.54, 1.807) is 0 Å². The highest BCUT2D eigenvalue weighted by molar-refractivity contribution is 4.81. The van der Waals surface area contributed by atoms with Crippen LogP contribution in [0.15, 0.2) is 0 Å². The van der Waals surface area contributed by atoms with Crippen molar-refractivity contribution in [2.45, 2.75) is 52.9 Å². The molecule has 0 rings (SSSR count). The van der Waals surface area contributed by atoms with Gasteiger partial charge in [-0.3, -0.25) is 0 Å². The predicted octanol–water partition coefficient (Wildman–Crippen LogP) is 1.02. The van der Waals surface area contributed by atoms with Gasteiger partial charge in [-0.05, 0) is 17.8 Å². The lowest BCUT2D eigenvalue weighted by Gasteiger charge is -2.30. The van der Waals surface area contributed by atoms with Gasteiger partial charge in [0.15, 0.2) is 0 Å². The van der Waals surface area contributed by atoms with E-state index in [9.17, 15) is 15.3 Å². The molecule has 3 heteroatoms. The number of aliphatic hydroxyl groups excluding tert-OH is 3. The second-order valence-electron chi connectivity index (χ2n) is 4.82. The summed E-state index contributed by atoms with van der Waals surface area (Å²) in [5, 5.41) is 29.0. The molecule has 0 aliphatic carbocycles. The third-order valence-electron chi connectivity index (χ3n) is 2.97. The number of rotatable bonds is 5. The highest BCUT2D eigenvalue weighted by atomic mass is 16.4. The van der Waals surface area contributed by atoms with E-state index in [4.69, 9.17) is 0 Å². The molecule has 0 radical (unpaired) electrons. The van der Waals surface area contributed by atoms with Gasteiger partial charge in [-0.15, -0.1) is 0 Å². The lowest BCUT2D eigenvalue weighted by molar-refractivity contribution is -0.0980. The predicted molar refractivity (Wildman–Crippen MR) is 56.9 cm³/mol. The maximum Gasteiger partial charge on any atom is 0.106 e. The van der Waals surface area contributed by atoms with Crippen molar-refractivity contribution in [3.8, 4) is 0 Å². The van der Waals surface area contributed by atoms with E-state index < -0.39 is 18.3 Å². The molecule has 4 atom stereocenters. The van der Waals surface area contributed by atoms with E-state index in [2.05, 4.69) is 0 Å². The Morgan fingerprint density at radius 3 is 1.29 bits per heavy atom. The molecule has 14 heavy (non-hydrogen) atoms. The van der Waals surface area contributed by atoms with Gasteiger partial charge in [0.05, 0.1) is 12.2 Å². The quantitative estimate of drug-likeness (QED) is 0.626. The third kappa shape index (κ3) is 3.56. The van der Waals surface area contributed by atoms with Crippen molar-refractivity contribution >= 4 is 0 Å². The van der Waals surface area contributed by atoms with Gasteiger partial charge >= 0.3 is 0 Å². The number of hydrogen-bond acceptors (Lipinski definition) is 3. The molecule has 3 nitrogen and oxygen atoms in total. The van der Waals surface area contributed by atoms with Crippen LogP contribution in [0.5, 0.6) is 0 Å². The van der Waals surface area contributed by atoms with Crippen LogP contribution in [-0.4, -0.2) is 33.6 Å². The Balaban J connectivity index is 4.30. The normalized spacial score (nSPS) is 21.0. The van der Waals surface area contributed by atoms with Crippen molar-refractivity contribution in [3.63, 3.8) is 0 Å². The van der Waals surface area contributed by atoms with E-state index in [0.29, 0.717) is 5.92 Å². The van der Waals surface area contributed by atoms with Gasteiger partial charge < -0.3 is 15.3 Å². The second kappa shape index (κ2) is 5.69. The van der Waals surface area contributed by atoms with Crippen molar-refractivity contribution < 1.29 is 15.3 Å². The Labute approximate surface area is 86.8 Å². The molecule has 0 aromatic carbocycles. The van der Waals surface area contributed by atoms with Crippen LogP contribution in [0, 0.1) is 17.8 Å². The largest absolute Gasteiger partial charge is 0.390 e. The minimum absolute atomic E-state index is 0.0154. The molecule has 0 heterocycles. The van der Waals surface area contributed by atoms with Gasteiger partial charge in [0, 0.05) is 0 Å². The molecule has 86 valence electrons. The summed E-state index contributed by atoms with van der Waals surface area (Å²) in [4.78, 5) is 0. The topological polar surface area (TPSA) is 60.7 Å². The minimum Gasteiger partial charge on any atom is -0.390 e. The zero-order valence-corrected chi connectivity index (χ0v) is 9.81. The fraction of sp³-hybridized carbons (Fsp3) is 1.00. The van der Waals surface area contributed by atoms with E-state index in [1.165, 1.54) is 0 Å². The van der Waals surface area contributed by atoms with Crippen LogP contribution in [-0.2, 0) is 0 Å².